The molecule has 0 fully saturated rings. The van der Waals surface area contributed by atoms with E-state index in [9.17, 15) is 4.79 Å². The molecule has 0 aliphatic carbocycles. The quantitative estimate of drug-likeness (QED) is 0.746. The van der Waals surface area contributed by atoms with Gasteiger partial charge in [0.2, 0.25) is 0 Å². The fourth-order valence-electron chi connectivity index (χ4n) is 0.755. The maximum Gasteiger partial charge on any atom is 0.407 e. The highest BCUT2D eigenvalue weighted by Crippen LogP contribution is 1.98. The van der Waals surface area contributed by atoms with Crippen LogP contribution in [0.1, 0.15) is 12.7 Å². The average Bonchev–Trinajstić information content (AvgIpc) is 2.53. The number of alkyl carbamates (subject to hydrolysis) is 1. The van der Waals surface area contributed by atoms with Gasteiger partial charge in [0.25, 0.3) is 0 Å². The number of hydrogen-bond donors (Lipinski definition) is 1. The highest BCUT2D eigenvalue weighted by atomic mass is 16.5. The molecule has 0 saturated heterocycles. The highest BCUT2D eigenvalue weighted by Gasteiger charge is 2.00. The zero-order valence-electron chi connectivity index (χ0n) is 6.87. The Morgan fingerprint density at radius 3 is 3.17 bits per heavy atom. The second kappa shape index (κ2) is 4.43. The Morgan fingerprint density at radius 2 is 2.58 bits per heavy atom. The van der Waals surface area contributed by atoms with Gasteiger partial charge >= 0.3 is 6.09 Å². The molecule has 0 aliphatic rings. The van der Waals surface area contributed by atoms with Crippen LogP contribution in [0, 0.1) is 0 Å². The third-order valence-corrected chi connectivity index (χ3v) is 1.26. The molecule has 0 unspecified atom stereocenters. The molecular weight excluding hydrogens is 158 g/mol. The first-order valence-electron chi connectivity index (χ1n) is 3.76. The van der Waals surface area contributed by atoms with Crippen LogP contribution in [0.2, 0.25) is 0 Å². The summed E-state index contributed by atoms with van der Waals surface area (Å²) in [5, 5.41) is 2.53. The zero-order valence-corrected chi connectivity index (χ0v) is 6.87. The first kappa shape index (κ1) is 8.64. The SMILES string of the molecule is CCOC(=O)NCc1ccco1. The first-order valence-corrected chi connectivity index (χ1v) is 3.76. The number of furan rings is 1. The van der Waals surface area contributed by atoms with E-state index in [1.165, 1.54) is 0 Å². The van der Waals surface area contributed by atoms with Crippen molar-refractivity contribution in [2.45, 2.75) is 13.5 Å². The Labute approximate surface area is 70.5 Å². The summed E-state index contributed by atoms with van der Waals surface area (Å²) in [6, 6.07) is 3.55. The van der Waals surface area contributed by atoms with Crippen molar-refractivity contribution in [3.05, 3.63) is 24.2 Å². The maximum absolute atomic E-state index is 10.8. The predicted molar refractivity (Wildman–Crippen MR) is 42.6 cm³/mol. The minimum atomic E-state index is -0.422. The third-order valence-electron chi connectivity index (χ3n) is 1.26. The van der Waals surface area contributed by atoms with E-state index in [2.05, 4.69) is 10.1 Å². The largest absolute Gasteiger partial charge is 0.467 e. The van der Waals surface area contributed by atoms with Gasteiger partial charge in [-0.2, -0.15) is 0 Å². The van der Waals surface area contributed by atoms with Crippen LogP contribution in [-0.2, 0) is 11.3 Å². The number of hydrogen-bond acceptors (Lipinski definition) is 3. The lowest BCUT2D eigenvalue weighted by molar-refractivity contribution is 0.151. The van der Waals surface area contributed by atoms with Gasteiger partial charge in [-0.3, -0.25) is 0 Å². The summed E-state index contributed by atoms with van der Waals surface area (Å²) < 4.78 is 9.64. The van der Waals surface area contributed by atoms with Gasteiger partial charge in [-0.15, -0.1) is 0 Å². The van der Waals surface area contributed by atoms with Crippen LogP contribution < -0.4 is 5.32 Å². The molecule has 0 radical (unpaired) electrons. The van der Waals surface area contributed by atoms with Gasteiger partial charge in [0, 0.05) is 0 Å². The summed E-state index contributed by atoms with van der Waals surface area (Å²) >= 11 is 0. The van der Waals surface area contributed by atoms with Gasteiger partial charge in [0.05, 0.1) is 19.4 Å². The highest BCUT2D eigenvalue weighted by molar-refractivity contribution is 5.66. The van der Waals surface area contributed by atoms with Crippen molar-refractivity contribution in [2.75, 3.05) is 6.61 Å². The van der Waals surface area contributed by atoms with E-state index < -0.39 is 6.09 Å². The average molecular weight is 169 g/mol. The molecule has 1 aromatic heterocycles. The Balaban J connectivity index is 2.22. The fourth-order valence-corrected chi connectivity index (χ4v) is 0.755. The summed E-state index contributed by atoms with van der Waals surface area (Å²) in [6.07, 6.45) is 1.14. The van der Waals surface area contributed by atoms with Crippen LogP contribution in [0.5, 0.6) is 0 Å². The van der Waals surface area contributed by atoms with Crippen molar-refractivity contribution < 1.29 is 13.9 Å². The number of carbonyl (C=O) groups is 1. The van der Waals surface area contributed by atoms with Gasteiger partial charge in [-0.05, 0) is 19.1 Å². The molecule has 1 N–H and O–H groups in total. The van der Waals surface area contributed by atoms with Crippen molar-refractivity contribution >= 4 is 6.09 Å². The Kier molecular flexibility index (Phi) is 3.19. The molecule has 0 bridgehead atoms. The normalized spacial score (nSPS) is 9.42. The first-order chi connectivity index (χ1) is 5.83. The fraction of sp³-hybridized carbons (Fsp3) is 0.375. The molecule has 1 rings (SSSR count). The van der Waals surface area contributed by atoms with Crippen molar-refractivity contribution in [1.82, 2.24) is 5.32 Å². The van der Waals surface area contributed by atoms with E-state index in [1.807, 2.05) is 0 Å². The standard InChI is InChI=1S/C8H11NO3/c1-2-11-8(10)9-6-7-4-3-5-12-7/h3-5H,2,6H2,1H3,(H,9,10). The van der Waals surface area contributed by atoms with Gasteiger partial charge in [-0.1, -0.05) is 0 Å². The van der Waals surface area contributed by atoms with E-state index in [-0.39, 0.29) is 0 Å². The van der Waals surface area contributed by atoms with Gasteiger partial charge < -0.3 is 14.5 Å². The van der Waals surface area contributed by atoms with Crippen molar-refractivity contribution in [1.29, 1.82) is 0 Å². The lowest BCUT2D eigenvalue weighted by atomic mass is 10.4. The van der Waals surface area contributed by atoms with Crippen molar-refractivity contribution in [2.24, 2.45) is 0 Å². The molecule has 66 valence electrons. The van der Waals surface area contributed by atoms with Crippen LogP contribution >= 0.6 is 0 Å². The van der Waals surface area contributed by atoms with E-state index in [0.29, 0.717) is 18.9 Å². The van der Waals surface area contributed by atoms with Crippen LogP contribution in [0.15, 0.2) is 22.8 Å². The molecule has 12 heavy (non-hydrogen) atoms. The topological polar surface area (TPSA) is 51.5 Å². The van der Waals surface area contributed by atoms with Crippen LogP contribution in [0.3, 0.4) is 0 Å². The minimum Gasteiger partial charge on any atom is -0.467 e. The van der Waals surface area contributed by atoms with E-state index in [4.69, 9.17) is 4.42 Å². The molecule has 4 nitrogen and oxygen atoms in total. The lowest BCUT2D eigenvalue weighted by Gasteiger charge is -2.01. The van der Waals surface area contributed by atoms with Crippen molar-refractivity contribution in [3.63, 3.8) is 0 Å². The number of rotatable bonds is 3. The number of amides is 1. The summed E-state index contributed by atoms with van der Waals surface area (Å²) in [7, 11) is 0. The third kappa shape index (κ3) is 2.65. The summed E-state index contributed by atoms with van der Waals surface area (Å²) in [6.45, 7) is 2.50. The molecular formula is C8H11NO3. The Bertz CT molecular complexity index is 230. The van der Waals surface area contributed by atoms with Gasteiger partial charge in [0.15, 0.2) is 0 Å². The number of nitrogens with one attached hydrogen (secondary N) is 1. The molecule has 0 aliphatic heterocycles. The number of ether oxygens (including phenoxy) is 1. The zero-order chi connectivity index (χ0) is 8.81. The summed E-state index contributed by atoms with van der Waals surface area (Å²) in [5.41, 5.74) is 0. The monoisotopic (exact) mass is 169 g/mol. The Morgan fingerprint density at radius 1 is 1.75 bits per heavy atom. The molecule has 0 atom stereocenters. The number of carbonyl (C=O) groups excluding carboxylic acids is 1. The van der Waals surface area contributed by atoms with E-state index in [0.717, 1.165) is 0 Å². The van der Waals surface area contributed by atoms with Crippen LogP contribution in [-0.4, -0.2) is 12.7 Å². The molecule has 0 spiro atoms. The maximum atomic E-state index is 10.8. The molecule has 1 aromatic rings. The smallest absolute Gasteiger partial charge is 0.407 e. The minimum absolute atomic E-state index is 0.367. The van der Waals surface area contributed by atoms with E-state index in [1.54, 1.807) is 25.3 Å². The van der Waals surface area contributed by atoms with Gasteiger partial charge in [-0.25, -0.2) is 4.79 Å². The lowest BCUT2D eigenvalue weighted by Crippen LogP contribution is -2.23. The Hall–Kier alpha value is -1.45. The van der Waals surface area contributed by atoms with Crippen LogP contribution in [0.4, 0.5) is 4.79 Å². The van der Waals surface area contributed by atoms with Gasteiger partial charge in [0.1, 0.15) is 5.76 Å². The molecule has 1 heterocycles. The summed E-state index contributed by atoms with van der Waals surface area (Å²) in [4.78, 5) is 10.8. The van der Waals surface area contributed by atoms with E-state index >= 15 is 0 Å². The summed E-state index contributed by atoms with van der Waals surface area (Å²) in [5.74, 6) is 0.711. The molecule has 4 heteroatoms. The second-order valence-electron chi connectivity index (χ2n) is 2.15. The second-order valence-corrected chi connectivity index (χ2v) is 2.15. The molecule has 0 saturated carbocycles. The van der Waals surface area contributed by atoms with Crippen molar-refractivity contribution in [3.8, 4) is 0 Å². The molecule has 1 amide bonds. The predicted octanol–water partition coefficient (Wildman–Crippen LogP) is 1.53. The van der Waals surface area contributed by atoms with Crippen LogP contribution in [0.25, 0.3) is 0 Å². The molecule has 0 aromatic carbocycles.